The molecule has 1 aliphatic rings. The molecule has 5 nitrogen and oxygen atoms in total. The molecule has 0 atom stereocenters. The number of hydrogen-bond acceptors (Lipinski definition) is 5. The van der Waals surface area contributed by atoms with Crippen molar-refractivity contribution in [2.75, 3.05) is 29.5 Å². The number of hydrogen-bond donors (Lipinski definition) is 1. The highest BCUT2D eigenvalue weighted by Gasteiger charge is 2.20. The van der Waals surface area contributed by atoms with Crippen molar-refractivity contribution in [3.8, 4) is 5.75 Å². The van der Waals surface area contributed by atoms with Crippen LogP contribution in [0.2, 0.25) is 0 Å². The molecule has 6 heteroatoms. The van der Waals surface area contributed by atoms with Crippen molar-refractivity contribution in [1.82, 2.24) is 0 Å². The number of Topliss-reactive ketones (excluding diaryl/α,β-unsaturated/α-hetero) is 1. The van der Waals surface area contributed by atoms with Gasteiger partial charge in [0.2, 0.25) is 0 Å². The van der Waals surface area contributed by atoms with Gasteiger partial charge in [-0.3, -0.25) is 4.79 Å². The summed E-state index contributed by atoms with van der Waals surface area (Å²) in [5, 5.41) is 9.80. The Kier molecular flexibility index (Phi) is 3.80. The lowest BCUT2D eigenvalue weighted by Crippen LogP contribution is -2.26. The molecule has 1 saturated heterocycles. The molecule has 0 radical (unpaired) electrons. The first-order chi connectivity index (χ1) is 8.89. The van der Waals surface area contributed by atoms with E-state index in [2.05, 4.69) is 0 Å². The van der Waals surface area contributed by atoms with Gasteiger partial charge in [-0.1, -0.05) is 0 Å². The minimum Gasteiger partial charge on any atom is -0.507 e. The van der Waals surface area contributed by atoms with E-state index in [-0.39, 0.29) is 28.6 Å². The average Bonchev–Trinajstić information content (AvgIpc) is 2.49. The van der Waals surface area contributed by atoms with Crippen LogP contribution in [0, 0.1) is 0 Å². The molecule has 0 spiro atoms. The summed E-state index contributed by atoms with van der Waals surface area (Å²) in [6.07, 6.45) is 0.581. The number of benzene rings is 1. The van der Waals surface area contributed by atoms with Crippen LogP contribution in [0.4, 0.5) is 5.69 Å². The molecule has 0 amide bonds. The maximum absolute atomic E-state index is 11.5. The van der Waals surface area contributed by atoms with Gasteiger partial charge in [0.15, 0.2) is 15.6 Å². The van der Waals surface area contributed by atoms with Crippen molar-refractivity contribution >= 4 is 21.3 Å². The molecule has 0 unspecified atom stereocenters. The summed E-state index contributed by atoms with van der Waals surface area (Å²) >= 11 is 0. The van der Waals surface area contributed by atoms with Gasteiger partial charge < -0.3 is 10.0 Å². The van der Waals surface area contributed by atoms with Gasteiger partial charge in [0.05, 0.1) is 17.1 Å². The fourth-order valence-corrected chi connectivity index (χ4v) is 3.48. The largest absolute Gasteiger partial charge is 0.507 e. The van der Waals surface area contributed by atoms with Gasteiger partial charge in [-0.2, -0.15) is 0 Å². The third-order valence-electron chi connectivity index (χ3n) is 3.28. The summed E-state index contributed by atoms with van der Waals surface area (Å²) in [7, 11) is -2.95. The number of carbonyl (C=O) groups excluding carboxylic acids is 1. The number of aromatic hydroxyl groups is 1. The van der Waals surface area contributed by atoms with Crippen molar-refractivity contribution in [3.63, 3.8) is 0 Å². The molecule has 1 heterocycles. The van der Waals surface area contributed by atoms with Crippen LogP contribution in [-0.4, -0.2) is 43.9 Å². The molecule has 2 rings (SSSR count). The second-order valence-electron chi connectivity index (χ2n) is 4.75. The van der Waals surface area contributed by atoms with E-state index in [9.17, 15) is 18.3 Å². The molecule has 0 bridgehead atoms. The summed E-state index contributed by atoms with van der Waals surface area (Å²) in [6.45, 7) is 2.45. The summed E-state index contributed by atoms with van der Waals surface area (Å²) in [4.78, 5) is 13.2. The van der Waals surface area contributed by atoms with E-state index in [4.69, 9.17) is 0 Å². The number of phenolic OH excluding ortho intramolecular Hbond substituents is 1. The summed E-state index contributed by atoms with van der Waals surface area (Å²) < 4.78 is 23.1. The van der Waals surface area contributed by atoms with Gasteiger partial charge in [0.25, 0.3) is 0 Å². The number of ketones is 1. The molecule has 104 valence electrons. The Labute approximate surface area is 112 Å². The van der Waals surface area contributed by atoms with E-state index in [0.717, 1.165) is 5.69 Å². The SMILES string of the molecule is CC(=O)c1ccc(N2CCCS(=O)(=O)CC2)cc1O. The lowest BCUT2D eigenvalue weighted by molar-refractivity contribution is 0.101. The van der Waals surface area contributed by atoms with Crippen molar-refractivity contribution in [1.29, 1.82) is 0 Å². The number of nitrogens with zero attached hydrogens (tertiary/aromatic N) is 1. The lowest BCUT2D eigenvalue weighted by Gasteiger charge is -2.22. The monoisotopic (exact) mass is 283 g/mol. The second-order valence-corrected chi connectivity index (χ2v) is 7.05. The van der Waals surface area contributed by atoms with E-state index in [1.54, 1.807) is 12.1 Å². The van der Waals surface area contributed by atoms with Crippen LogP contribution in [-0.2, 0) is 9.84 Å². The van der Waals surface area contributed by atoms with Crippen LogP contribution in [0.15, 0.2) is 18.2 Å². The van der Waals surface area contributed by atoms with E-state index in [1.165, 1.54) is 13.0 Å². The highest BCUT2D eigenvalue weighted by Crippen LogP contribution is 2.26. The molecular formula is C13H17NO4S. The van der Waals surface area contributed by atoms with E-state index >= 15 is 0 Å². The van der Waals surface area contributed by atoms with Crippen LogP contribution >= 0.6 is 0 Å². The number of anilines is 1. The molecule has 0 aliphatic carbocycles. The second kappa shape index (κ2) is 5.21. The Balaban J connectivity index is 2.23. The van der Waals surface area contributed by atoms with Gasteiger partial charge in [-0.05, 0) is 25.5 Å². The van der Waals surface area contributed by atoms with Gasteiger partial charge in [0.1, 0.15) is 5.75 Å². The standard InChI is InChI=1S/C13H17NO4S/c1-10(15)12-4-3-11(9-13(12)16)14-5-2-7-19(17,18)8-6-14/h3-4,9,16H,2,5-8H2,1H3. The Morgan fingerprint density at radius 1 is 1.26 bits per heavy atom. The fourth-order valence-electron chi connectivity index (χ4n) is 2.21. The quantitative estimate of drug-likeness (QED) is 0.826. The molecule has 1 aliphatic heterocycles. The van der Waals surface area contributed by atoms with E-state index in [1.807, 2.05) is 4.90 Å². The van der Waals surface area contributed by atoms with E-state index in [0.29, 0.717) is 19.5 Å². The minimum atomic E-state index is -2.95. The summed E-state index contributed by atoms with van der Waals surface area (Å²) in [5.74, 6) is 0.0862. The van der Waals surface area contributed by atoms with Crippen molar-refractivity contribution in [2.24, 2.45) is 0 Å². The van der Waals surface area contributed by atoms with Crippen molar-refractivity contribution in [2.45, 2.75) is 13.3 Å². The highest BCUT2D eigenvalue weighted by atomic mass is 32.2. The van der Waals surface area contributed by atoms with Gasteiger partial charge in [-0.25, -0.2) is 8.42 Å². The average molecular weight is 283 g/mol. The third-order valence-corrected chi connectivity index (χ3v) is 5.00. The molecule has 1 fully saturated rings. The molecule has 0 saturated carbocycles. The minimum absolute atomic E-state index is 0.0582. The zero-order valence-electron chi connectivity index (χ0n) is 10.8. The topological polar surface area (TPSA) is 74.7 Å². The van der Waals surface area contributed by atoms with Crippen LogP contribution in [0.1, 0.15) is 23.7 Å². The van der Waals surface area contributed by atoms with Crippen LogP contribution in [0.3, 0.4) is 0 Å². The predicted octanol–water partition coefficient (Wildman–Crippen LogP) is 1.22. The maximum atomic E-state index is 11.5. The first kappa shape index (κ1) is 13.9. The Bertz CT molecular complexity index is 595. The van der Waals surface area contributed by atoms with Crippen LogP contribution < -0.4 is 4.90 Å². The third kappa shape index (κ3) is 3.26. The number of sulfone groups is 1. The fraction of sp³-hybridized carbons (Fsp3) is 0.462. The first-order valence-electron chi connectivity index (χ1n) is 6.18. The smallest absolute Gasteiger partial charge is 0.163 e. The van der Waals surface area contributed by atoms with Crippen molar-refractivity contribution < 1.29 is 18.3 Å². The van der Waals surface area contributed by atoms with Crippen LogP contribution in [0.25, 0.3) is 0 Å². The Morgan fingerprint density at radius 3 is 2.63 bits per heavy atom. The lowest BCUT2D eigenvalue weighted by atomic mass is 10.1. The van der Waals surface area contributed by atoms with E-state index < -0.39 is 9.84 Å². The zero-order valence-corrected chi connectivity index (χ0v) is 11.6. The summed E-state index contributed by atoms with van der Waals surface area (Å²) in [6, 6.07) is 4.84. The van der Waals surface area contributed by atoms with Crippen molar-refractivity contribution in [3.05, 3.63) is 23.8 Å². The normalized spacial score (nSPS) is 18.9. The predicted molar refractivity (Wildman–Crippen MR) is 73.6 cm³/mol. The number of rotatable bonds is 2. The maximum Gasteiger partial charge on any atom is 0.163 e. The van der Waals surface area contributed by atoms with Gasteiger partial charge >= 0.3 is 0 Å². The zero-order chi connectivity index (χ0) is 14.0. The van der Waals surface area contributed by atoms with Gasteiger partial charge in [-0.15, -0.1) is 0 Å². The number of phenols is 1. The Morgan fingerprint density at radius 2 is 2.00 bits per heavy atom. The Hall–Kier alpha value is -1.56. The van der Waals surface area contributed by atoms with Gasteiger partial charge in [0, 0.05) is 24.8 Å². The highest BCUT2D eigenvalue weighted by molar-refractivity contribution is 7.91. The molecule has 1 aromatic carbocycles. The molecule has 19 heavy (non-hydrogen) atoms. The van der Waals surface area contributed by atoms with Crippen LogP contribution in [0.5, 0.6) is 5.75 Å². The molecule has 1 aromatic rings. The molecule has 1 N–H and O–H groups in total. The summed E-state index contributed by atoms with van der Waals surface area (Å²) in [5.41, 5.74) is 1.03. The first-order valence-corrected chi connectivity index (χ1v) is 8.00. The number of carbonyl (C=O) groups is 1. The molecular weight excluding hydrogens is 266 g/mol. The molecule has 0 aromatic heterocycles.